The van der Waals surface area contributed by atoms with Crippen LogP contribution < -0.4 is 4.90 Å². The highest BCUT2D eigenvalue weighted by Crippen LogP contribution is 2.24. The molecule has 0 aliphatic carbocycles. The van der Waals surface area contributed by atoms with Gasteiger partial charge in [0.15, 0.2) is 0 Å². The molecule has 1 heterocycles. The molecule has 0 aliphatic rings. The summed E-state index contributed by atoms with van der Waals surface area (Å²) >= 11 is 3.21. The van der Waals surface area contributed by atoms with E-state index in [9.17, 15) is 9.59 Å². The van der Waals surface area contributed by atoms with Crippen LogP contribution in [-0.4, -0.2) is 33.2 Å². The van der Waals surface area contributed by atoms with Gasteiger partial charge in [0, 0.05) is 13.1 Å². The van der Waals surface area contributed by atoms with Crippen molar-refractivity contribution in [2.24, 2.45) is 7.05 Å². The van der Waals surface area contributed by atoms with Crippen LogP contribution in [0.4, 0.5) is 15.4 Å². The summed E-state index contributed by atoms with van der Waals surface area (Å²) in [6, 6.07) is 1.54. The molecule has 0 saturated heterocycles. The fourth-order valence-electron chi connectivity index (χ4n) is 1.51. The fraction of sp³-hybridized carbons (Fsp3) is 0.643. The number of aromatic nitrogens is 2. The number of halogens is 1. The molecule has 0 aliphatic heterocycles. The maximum absolute atomic E-state index is 12.4. The third-order valence-electron chi connectivity index (χ3n) is 2.21. The molecule has 2 amide bonds. The predicted octanol–water partition coefficient (Wildman–Crippen LogP) is 3.86. The van der Waals surface area contributed by atoms with Crippen molar-refractivity contribution in [2.75, 3.05) is 4.90 Å². The molecule has 0 unspecified atom stereocenters. The molecule has 22 heavy (non-hydrogen) atoms. The van der Waals surface area contributed by atoms with Crippen LogP contribution in [0.25, 0.3) is 0 Å². The van der Waals surface area contributed by atoms with Crippen molar-refractivity contribution in [1.29, 1.82) is 0 Å². The van der Waals surface area contributed by atoms with Crippen LogP contribution in [-0.2, 0) is 16.5 Å². The number of anilines is 1. The largest absolute Gasteiger partial charge is 0.443 e. The summed E-state index contributed by atoms with van der Waals surface area (Å²) in [6.45, 7) is 10.3. The lowest BCUT2D eigenvalue weighted by Crippen LogP contribution is -2.44. The highest BCUT2D eigenvalue weighted by atomic mass is 79.9. The first-order valence-corrected chi connectivity index (χ1v) is 7.55. The van der Waals surface area contributed by atoms with Crippen LogP contribution in [0.1, 0.15) is 41.5 Å². The summed E-state index contributed by atoms with van der Waals surface area (Å²) in [6.07, 6.45) is -1.64. The van der Waals surface area contributed by atoms with E-state index in [4.69, 9.17) is 9.47 Å². The van der Waals surface area contributed by atoms with E-state index in [1.807, 2.05) is 0 Å². The summed E-state index contributed by atoms with van der Waals surface area (Å²) in [7, 11) is 1.61. The van der Waals surface area contributed by atoms with E-state index in [0.29, 0.717) is 4.60 Å². The molecule has 0 saturated carbocycles. The number of ether oxygens (including phenoxy) is 2. The van der Waals surface area contributed by atoms with Crippen molar-refractivity contribution in [1.82, 2.24) is 9.78 Å². The van der Waals surface area contributed by atoms with Crippen molar-refractivity contribution in [2.45, 2.75) is 52.7 Å². The molecule has 1 aromatic heterocycles. The number of nitrogens with zero attached hydrogens (tertiary/aromatic N) is 3. The Morgan fingerprint density at radius 2 is 1.50 bits per heavy atom. The lowest BCUT2D eigenvalue weighted by atomic mass is 10.2. The first kappa shape index (κ1) is 18.5. The van der Waals surface area contributed by atoms with Crippen LogP contribution in [0.2, 0.25) is 0 Å². The lowest BCUT2D eigenvalue weighted by molar-refractivity contribution is 0.0427. The molecule has 1 rings (SSSR count). The number of carbonyl (C=O) groups excluding carboxylic acids is 2. The Bertz CT molecular complexity index is 542. The molecule has 0 fully saturated rings. The average molecular weight is 376 g/mol. The maximum Gasteiger partial charge on any atom is 0.425 e. The van der Waals surface area contributed by atoms with E-state index >= 15 is 0 Å². The van der Waals surface area contributed by atoms with Gasteiger partial charge in [-0.3, -0.25) is 4.68 Å². The Morgan fingerprint density at radius 1 is 1.09 bits per heavy atom. The van der Waals surface area contributed by atoms with E-state index in [1.54, 1.807) is 48.6 Å². The Kier molecular flexibility index (Phi) is 5.27. The van der Waals surface area contributed by atoms with Crippen molar-refractivity contribution in [3.05, 3.63) is 10.7 Å². The van der Waals surface area contributed by atoms with Gasteiger partial charge in [-0.05, 0) is 57.5 Å². The van der Waals surface area contributed by atoms with Crippen LogP contribution in [0.5, 0.6) is 0 Å². The molecule has 0 spiro atoms. The molecule has 8 heteroatoms. The van der Waals surface area contributed by atoms with Gasteiger partial charge >= 0.3 is 12.2 Å². The normalized spacial score (nSPS) is 12.0. The number of amides is 2. The van der Waals surface area contributed by atoms with Crippen molar-refractivity contribution in [3.8, 4) is 0 Å². The minimum absolute atomic E-state index is 0.246. The number of imide groups is 1. The second-order valence-electron chi connectivity index (χ2n) is 6.74. The van der Waals surface area contributed by atoms with E-state index in [2.05, 4.69) is 21.0 Å². The van der Waals surface area contributed by atoms with Crippen LogP contribution in [0.3, 0.4) is 0 Å². The summed E-state index contributed by atoms with van der Waals surface area (Å²) in [5.41, 5.74) is -1.49. The van der Waals surface area contributed by atoms with Crippen molar-refractivity contribution < 1.29 is 19.1 Å². The summed E-state index contributed by atoms with van der Waals surface area (Å²) in [5, 5.41) is 4.07. The highest BCUT2D eigenvalue weighted by molar-refractivity contribution is 9.10. The SMILES string of the molecule is Cn1nc(Br)cc1N(C(=O)OC(C)(C)C)C(=O)OC(C)(C)C. The number of aryl methyl sites for hydroxylation is 1. The van der Waals surface area contributed by atoms with E-state index < -0.39 is 23.4 Å². The zero-order valence-electron chi connectivity index (χ0n) is 13.9. The fourth-order valence-corrected chi connectivity index (χ4v) is 1.95. The molecule has 7 nitrogen and oxygen atoms in total. The third kappa shape index (κ3) is 5.32. The van der Waals surface area contributed by atoms with E-state index in [1.165, 1.54) is 10.7 Å². The zero-order chi connectivity index (χ0) is 17.3. The van der Waals surface area contributed by atoms with Crippen molar-refractivity contribution in [3.63, 3.8) is 0 Å². The molecule has 124 valence electrons. The summed E-state index contributed by atoms with van der Waals surface area (Å²) in [4.78, 5) is 25.6. The Labute approximate surface area is 138 Å². The van der Waals surface area contributed by atoms with Crippen LogP contribution in [0, 0.1) is 0 Å². The average Bonchev–Trinajstić information content (AvgIpc) is 2.52. The van der Waals surface area contributed by atoms with Gasteiger partial charge < -0.3 is 9.47 Å². The predicted molar refractivity (Wildman–Crippen MR) is 85.9 cm³/mol. The van der Waals surface area contributed by atoms with Gasteiger partial charge in [0.25, 0.3) is 0 Å². The van der Waals surface area contributed by atoms with Gasteiger partial charge in [-0.2, -0.15) is 10.00 Å². The van der Waals surface area contributed by atoms with Crippen LogP contribution >= 0.6 is 15.9 Å². The van der Waals surface area contributed by atoms with Gasteiger partial charge in [-0.25, -0.2) is 9.59 Å². The smallest absolute Gasteiger partial charge is 0.425 e. The van der Waals surface area contributed by atoms with Gasteiger partial charge in [0.05, 0.1) is 0 Å². The van der Waals surface area contributed by atoms with E-state index in [0.717, 1.165) is 4.90 Å². The Hall–Kier alpha value is -1.57. The molecule has 0 radical (unpaired) electrons. The second kappa shape index (κ2) is 6.28. The third-order valence-corrected chi connectivity index (χ3v) is 2.59. The molecule has 0 aromatic carbocycles. The number of rotatable bonds is 1. The lowest BCUT2D eigenvalue weighted by Gasteiger charge is -2.28. The molecule has 1 aromatic rings. The standard InChI is InChI=1S/C14H22BrN3O4/c1-13(2,3)21-11(19)18(12(20)22-14(4,5)6)10-8-9(15)16-17(10)7/h8H,1-7H3. The molecule has 0 bridgehead atoms. The van der Waals surface area contributed by atoms with Gasteiger partial charge in [0.2, 0.25) is 0 Å². The quantitative estimate of drug-likeness (QED) is 0.744. The molecule has 0 atom stereocenters. The number of carbonyl (C=O) groups is 2. The topological polar surface area (TPSA) is 73.7 Å². The molecular formula is C14H22BrN3O4. The number of hydrogen-bond donors (Lipinski definition) is 0. The molecule has 0 N–H and O–H groups in total. The zero-order valence-corrected chi connectivity index (χ0v) is 15.5. The molecular weight excluding hydrogens is 354 g/mol. The summed E-state index contributed by atoms with van der Waals surface area (Å²) < 4.78 is 12.4. The van der Waals surface area contributed by atoms with Crippen molar-refractivity contribution >= 4 is 33.9 Å². The minimum Gasteiger partial charge on any atom is -0.443 e. The first-order valence-electron chi connectivity index (χ1n) is 6.76. The first-order chi connectivity index (χ1) is 9.80. The minimum atomic E-state index is -0.822. The Balaban J connectivity index is 3.18. The number of hydrogen-bond acceptors (Lipinski definition) is 5. The highest BCUT2D eigenvalue weighted by Gasteiger charge is 2.34. The van der Waals surface area contributed by atoms with Crippen LogP contribution in [0.15, 0.2) is 10.7 Å². The second-order valence-corrected chi connectivity index (χ2v) is 7.56. The monoisotopic (exact) mass is 375 g/mol. The Morgan fingerprint density at radius 3 is 1.77 bits per heavy atom. The van der Waals surface area contributed by atoms with E-state index in [-0.39, 0.29) is 5.82 Å². The van der Waals surface area contributed by atoms with Gasteiger partial charge in [-0.1, -0.05) is 0 Å². The van der Waals surface area contributed by atoms with Gasteiger partial charge in [0.1, 0.15) is 21.6 Å². The maximum atomic E-state index is 12.4. The summed E-state index contributed by atoms with van der Waals surface area (Å²) in [5.74, 6) is 0.246. The van der Waals surface area contributed by atoms with Gasteiger partial charge in [-0.15, -0.1) is 0 Å².